The number of pyridine rings is 1. The summed E-state index contributed by atoms with van der Waals surface area (Å²) in [7, 11) is -3.35. The SMILES string of the molecule is CCN(CC)S(=O)(=O)N1CCN(c2ncccc2N)CC1. The van der Waals surface area contributed by atoms with Crippen LogP contribution < -0.4 is 10.6 Å². The standard InChI is InChI=1S/C13H23N5O2S/c1-3-17(4-2)21(19,20)18-10-8-16(9-11-18)13-12(14)6-5-7-15-13/h5-7H,3-4,8-11,14H2,1-2H3. The molecule has 1 fully saturated rings. The molecule has 118 valence electrons. The van der Waals surface area contributed by atoms with Gasteiger partial charge >= 0.3 is 0 Å². The van der Waals surface area contributed by atoms with E-state index in [4.69, 9.17) is 5.73 Å². The monoisotopic (exact) mass is 313 g/mol. The van der Waals surface area contributed by atoms with Gasteiger partial charge in [0, 0.05) is 45.5 Å². The van der Waals surface area contributed by atoms with Crippen molar-refractivity contribution in [3.05, 3.63) is 18.3 Å². The molecule has 1 aliphatic rings. The summed E-state index contributed by atoms with van der Waals surface area (Å²) in [6.07, 6.45) is 1.70. The molecule has 0 atom stereocenters. The zero-order valence-corrected chi connectivity index (χ0v) is 13.4. The third-order valence-corrected chi connectivity index (χ3v) is 5.90. The maximum Gasteiger partial charge on any atom is 0.282 e. The second kappa shape index (κ2) is 6.59. The number of nitrogens with two attached hydrogens (primary N) is 1. The number of aromatic nitrogens is 1. The van der Waals surface area contributed by atoms with Gasteiger partial charge in [0.05, 0.1) is 5.69 Å². The lowest BCUT2D eigenvalue weighted by Gasteiger charge is -2.37. The molecule has 21 heavy (non-hydrogen) atoms. The van der Waals surface area contributed by atoms with Gasteiger partial charge in [-0.2, -0.15) is 17.0 Å². The molecule has 1 saturated heterocycles. The Morgan fingerprint density at radius 3 is 2.38 bits per heavy atom. The first-order chi connectivity index (χ1) is 10.0. The average molecular weight is 313 g/mol. The van der Waals surface area contributed by atoms with Crippen molar-refractivity contribution >= 4 is 21.7 Å². The zero-order chi connectivity index (χ0) is 15.5. The smallest absolute Gasteiger partial charge is 0.282 e. The molecule has 0 saturated carbocycles. The van der Waals surface area contributed by atoms with Gasteiger partial charge in [0.25, 0.3) is 10.2 Å². The number of anilines is 2. The highest BCUT2D eigenvalue weighted by atomic mass is 32.2. The fourth-order valence-corrected chi connectivity index (χ4v) is 4.12. The Hall–Kier alpha value is -1.38. The summed E-state index contributed by atoms with van der Waals surface area (Å²) in [5.74, 6) is 0.734. The van der Waals surface area contributed by atoms with Gasteiger partial charge in [0.15, 0.2) is 5.82 Å². The van der Waals surface area contributed by atoms with Crippen molar-refractivity contribution in [1.29, 1.82) is 0 Å². The molecule has 0 bridgehead atoms. The Labute approximate surface area is 126 Å². The number of piperazine rings is 1. The molecular formula is C13H23N5O2S. The van der Waals surface area contributed by atoms with E-state index in [2.05, 4.69) is 4.98 Å². The maximum atomic E-state index is 12.5. The molecule has 0 unspecified atom stereocenters. The molecule has 1 aromatic rings. The van der Waals surface area contributed by atoms with Crippen molar-refractivity contribution in [2.45, 2.75) is 13.8 Å². The molecule has 0 aromatic carbocycles. The van der Waals surface area contributed by atoms with Crippen molar-refractivity contribution in [3.8, 4) is 0 Å². The highest BCUT2D eigenvalue weighted by Crippen LogP contribution is 2.21. The van der Waals surface area contributed by atoms with Crippen LogP contribution in [-0.2, 0) is 10.2 Å². The van der Waals surface area contributed by atoms with Crippen LogP contribution >= 0.6 is 0 Å². The van der Waals surface area contributed by atoms with E-state index < -0.39 is 10.2 Å². The lowest BCUT2D eigenvalue weighted by molar-refractivity contribution is 0.334. The molecule has 7 nitrogen and oxygen atoms in total. The quantitative estimate of drug-likeness (QED) is 0.849. The van der Waals surface area contributed by atoms with Crippen LogP contribution in [0.4, 0.5) is 11.5 Å². The predicted molar refractivity (Wildman–Crippen MR) is 84.3 cm³/mol. The Morgan fingerprint density at radius 1 is 1.24 bits per heavy atom. The molecule has 2 rings (SSSR count). The fraction of sp³-hybridized carbons (Fsp3) is 0.615. The zero-order valence-electron chi connectivity index (χ0n) is 12.6. The van der Waals surface area contributed by atoms with Gasteiger partial charge in [0.1, 0.15) is 0 Å². The van der Waals surface area contributed by atoms with Crippen LogP contribution in [0.3, 0.4) is 0 Å². The first-order valence-corrected chi connectivity index (χ1v) is 8.61. The Bertz CT molecular complexity index is 566. The predicted octanol–water partition coefficient (Wildman–Crippen LogP) is 0.372. The van der Waals surface area contributed by atoms with E-state index in [9.17, 15) is 8.42 Å². The summed E-state index contributed by atoms with van der Waals surface area (Å²) in [6.45, 7) is 6.80. The van der Waals surface area contributed by atoms with Gasteiger partial charge in [-0.25, -0.2) is 4.98 Å². The van der Waals surface area contributed by atoms with Crippen molar-refractivity contribution in [1.82, 2.24) is 13.6 Å². The van der Waals surface area contributed by atoms with Crippen LogP contribution in [0, 0.1) is 0 Å². The van der Waals surface area contributed by atoms with Gasteiger partial charge in [-0.3, -0.25) is 0 Å². The molecule has 0 spiro atoms. The molecule has 2 N–H and O–H groups in total. The average Bonchev–Trinajstić information content (AvgIpc) is 2.49. The number of nitrogen functional groups attached to an aromatic ring is 1. The lowest BCUT2D eigenvalue weighted by atomic mass is 10.3. The molecule has 1 aromatic heterocycles. The van der Waals surface area contributed by atoms with Crippen LogP contribution in [0.1, 0.15) is 13.8 Å². The summed E-state index contributed by atoms with van der Waals surface area (Å²) in [5, 5.41) is 0. The summed E-state index contributed by atoms with van der Waals surface area (Å²) < 4.78 is 27.9. The minimum absolute atomic E-state index is 0.453. The van der Waals surface area contributed by atoms with Crippen LogP contribution in [0.25, 0.3) is 0 Å². The number of hydrogen-bond acceptors (Lipinski definition) is 5. The molecule has 2 heterocycles. The summed E-state index contributed by atoms with van der Waals surface area (Å²) in [4.78, 5) is 6.31. The van der Waals surface area contributed by atoms with Crippen molar-refractivity contribution in [2.75, 3.05) is 49.9 Å². The second-order valence-corrected chi connectivity index (χ2v) is 6.82. The van der Waals surface area contributed by atoms with E-state index in [1.165, 1.54) is 8.61 Å². The highest BCUT2D eigenvalue weighted by Gasteiger charge is 2.31. The van der Waals surface area contributed by atoms with E-state index in [1.807, 2.05) is 18.7 Å². The van der Waals surface area contributed by atoms with E-state index in [1.54, 1.807) is 18.3 Å². The van der Waals surface area contributed by atoms with E-state index in [-0.39, 0.29) is 0 Å². The number of rotatable bonds is 5. The Morgan fingerprint density at radius 2 is 1.86 bits per heavy atom. The molecular weight excluding hydrogens is 290 g/mol. The van der Waals surface area contributed by atoms with Gasteiger partial charge < -0.3 is 10.6 Å². The first-order valence-electron chi connectivity index (χ1n) is 7.21. The van der Waals surface area contributed by atoms with Crippen LogP contribution in [0.15, 0.2) is 18.3 Å². The minimum atomic E-state index is -3.35. The highest BCUT2D eigenvalue weighted by molar-refractivity contribution is 7.86. The van der Waals surface area contributed by atoms with E-state index in [0.717, 1.165) is 5.82 Å². The molecule has 1 aliphatic heterocycles. The Balaban J connectivity index is 2.05. The number of nitrogens with zero attached hydrogens (tertiary/aromatic N) is 4. The summed E-state index contributed by atoms with van der Waals surface area (Å²) in [5.41, 5.74) is 6.54. The third kappa shape index (κ3) is 3.28. The first kappa shape index (κ1) is 16.0. The summed E-state index contributed by atoms with van der Waals surface area (Å²) >= 11 is 0. The minimum Gasteiger partial charge on any atom is -0.396 e. The summed E-state index contributed by atoms with van der Waals surface area (Å²) in [6, 6.07) is 3.60. The lowest BCUT2D eigenvalue weighted by Crippen LogP contribution is -2.53. The topological polar surface area (TPSA) is 82.8 Å². The third-order valence-electron chi connectivity index (χ3n) is 3.71. The molecule has 0 aliphatic carbocycles. The van der Waals surface area contributed by atoms with E-state index in [0.29, 0.717) is 45.0 Å². The van der Waals surface area contributed by atoms with Gasteiger partial charge in [-0.05, 0) is 12.1 Å². The normalized spacial score (nSPS) is 17.4. The second-order valence-electron chi connectivity index (χ2n) is 4.89. The maximum absolute atomic E-state index is 12.5. The largest absolute Gasteiger partial charge is 0.396 e. The molecule has 0 amide bonds. The van der Waals surface area contributed by atoms with Crippen molar-refractivity contribution in [2.24, 2.45) is 0 Å². The van der Waals surface area contributed by atoms with Crippen molar-refractivity contribution < 1.29 is 8.42 Å². The Kier molecular flexibility index (Phi) is 5.02. The number of hydrogen-bond donors (Lipinski definition) is 1. The van der Waals surface area contributed by atoms with Gasteiger partial charge in [0.2, 0.25) is 0 Å². The van der Waals surface area contributed by atoms with E-state index >= 15 is 0 Å². The van der Waals surface area contributed by atoms with Crippen molar-refractivity contribution in [3.63, 3.8) is 0 Å². The van der Waals surface area contributed by atoms with Crippen LogP contribution in [0.5, 0.6) is 0 Å². The molecule has 0 radical (unpaired) electrons. The van der Waals surface area contributed by atoms with Crippen LogP contribution in [-0.4, -0.2) is 61.3 Å². The molecule has 8 heteroatoms. The van der Waals surface area contributed by atoms with Gasteiger partial charge in [-0.1, -0.05) is 13.8 Å². The van der Waals surface area contributed by atoms with Crippen LogP contribution in [0.2, 0.25) is 0 Å². The van der Waals surface area contributed by atoms with Gasteiger partial charge in [-0.15, -0.1) is 0 Å². The fourth-order valence-electron chi connectivity index (χ4n) is 2.52.